The van der Waals surface area contributed by atoms with Gasteiger partial charge in [-0.3, -0.25) is 0 Å². The minimum absolute atomic E-state index is 0.171. The molecule has 19 heavy (non-hydrogen) atoms. The normalized spacial score (nSPS) is 17.5. The van der Waals surface area contributed by atoms with E-state index in [0.717, 1.165) is 12.8 Å². The van der Waals surface area contributed by atoms with Crippen LogP contribution in [0.25, 0.3) is 0 Å². The maximum Gasteiger partial charge on any atom is 0.240 e. The van der Waals surface area contributed by atoms with Crippen molar-refractivity contribution in [1.82, 2.24) is 4.72 Å². The molecule has 2 rings (SSSR count). The number of hydrogen-bond acceptors (Lipinski definition) is 3. The fourth-order valence-electron chi connectivity index (χ4n) is 2.39. The third-order valence-corrected chi connectivity index (χ3v) is 5.33. The van der Waals surface area contributed by atoms with Crippen molar-refractivity contribution in [2.75, 3.05) is 12.3 Å². The first-order chi connectivity index (χ1) is 8.99. The summed E-state index contributed by atoms with van der Waals surface area (Å²) in [5, 5.41) is 0.367. The summed E-state index contributed by atoms with van der Waals surface area (Å²) in [6, 6.07) is 4.37. The number of rotatable bonds is 4. The predicted molar refractivity (Wildman–Crippen MR) is 77.6 cm³/mol. The van der Waals surface area contributed by atoms with Crippen molar-refractivity contribution in [2.24, 2.45) is 5.92 Å². The number of benzene rings is 1. The molecule has 0 amide bonds. The predicted octanol–water partition coefficient (Wildman–Crippen LogP) is 2.78. The second-order valence-corrected chi connectivity index (χ2v) is 7.21. The third-order valence-electron chi connectivity index (χ3n) is 3.56. The molecule has 0 saturated heterocycles. The quantitative estimate of drug-likeness (QED) is 0.840. The molecule has 1 aromatic carbocycles. The highest BCUT2D eigenvalue weighted by molar-refractivity contribution is 7.89. The number of nitrogens with one attached hydrogen (secondary N) is 1. The van der Waals surface area contributed by atoms with Crippen LogP contribution in [0.4, 0.5) is 5.69 Å². The molecule has 0 radical (unpaired) electrons. The van der Waals surface area contributed by atoms with Crippen LogP contribution in [0.1, 0.15) is 32.1 Å². The lowest BCUT2D eigenvalue weighted by Crippen LogP contribution is -2.30. The zero-order valence-electron chi connectivity index (χ0n) is 10.7. The van der Waals surface area contributed by atoms with Crippen LogP contribution in [-0.2, 0) is 10.0 Å². The Kier molecular flexibility index (Phi) is 4.71. The van der Waals surface area contributed by atoms with Gasteiger partial charge in [-0.15, -0.1) is 0 Å². The Balaban J connectivity index is 2.02. The Hall–Kier alpha value is -0.780. The van der Waals surface area contributed by atoms with Crippen molar-refractivity contribution in [2.45, 2.75) is 37.0 Å². The molecule has 0 unspecified atom stereocenters. The lowest BCUT2D eigenvalue weighted by atomic mass is 9.90. The van der Waals surface area contributed by atoms with Crippen molar-refractivity contribution in [1.29, 1.82) is 0 Å². The first-order valence-corrected chi connectivity index (χ1v) is 8.40. The van der Waals surface area contributed by atoms with Gasteiger partial charge in [0.25, 0.3) is 0 Å². The summed E-state index contributed by atoms with van der Waals surface area (Å²) in [5.74, 6) is 0.452. The van der Waals surface area contributed by atoms with Crippen LogP contribution in [0.2, 0.25) is 5.02 Å². The maximum atomic E-state index is 12.1. The van der Waals surface area contributed by atoms with E-state index in [1.54, 1.807) is 0 Å². The standard InChI is InChI=1S/C13H19ClN2O2S/c14-12-7-6-11(8-13(12)15)19(17,18)16-9-10-4-2-1-3-5-10/h6-8,10,16H,1-5,9,15H2. The van der Waals surface area contributed by atoms with Crippen LogP contribution in [0, 0.1) is 5.92 Å². The number of nitrogens with two attached hydrogens (primary N) is 1. The molecule has 0 atom stereocenters. The summed E-state index contributed by atoms with van der Waals surface area (Å²) < 4.78 is 26.9. The second-order valence-electron chi connectivity index (χ2n) is 5.04. The van der Waals surface area contributed by atoms with Crippen molar-refractivity contribution in [3.8, 4) is 0 Å². The number of sulfonamides is 1. The van der Waals surface area contributed by atoms with Gasteiger partial charge in [-0.05, 0) is 37.0 Å². The highest BCUT2D eigenvalue weighted by atomic mass is 35.5. The summed E-state index contributed by atoms with van der Waals surface area (Å²) >= 11 is 5.79. The van der Waals surface area contributed by atoms with Gasteiger partial charge in [-0.25, -0.2) is 13.1 Å². The molecule has 1 fully saturated rings. The van der Waals surface area contributed by atoms with Gasteiger partial charge in [0.05, 0.1) is 15.6 Å². The fraction of sp³-hybridized carbons (Fsp3) is 0.538. The molecule has 0 aliphatic heterocycles. The average Bonchev–Trinajstić information content (AvgIpc) is 2.41. The number of hydrogen-bond donors (Lipinski definition) is 2. The van der Waals surface area contributed by atoms with E-state index in [9.17, 15) is 8.42 Å². The Labute approximate surface area is 119 Å². The van der Waals surface area contributed by atoms with Gasteiger partial charge in [-0.2, -0.15) is 0 Å². The average molecular weight is 303 g/mol. The largest absolute Gasteiger partial charge is 0.397 e. The van der Waals surface area contributed by atoms with E-state index in [0.29, 0.717) is 17.5 Å². The van der Waals surface area contributed by atoms with Gasteiger partial charge in [0.15, 0.2) is 0 Å². The van der Waals surface area contributed by atoms with Crippen LogP contribution < -0.4 is 10.5 Å². The Bertz CT molecular complexity index is 540. The van der Waals surface area contributed by atoms with E-state index in [4.69, 9.17) is 17.3 Å². The molecule has 1 aliphatic rings. The van der Waals surface area contributed by atoms with Gasteiger partial charge in [0.1, 0.15) is 0 Å². The molecular weight excluding hydrogens is 284 g/mol. The van der Waals surface area contributed by atoms with Crippen LogP contribution >= 0.6 is 11.6 Å². The zero-order valence-corrected chi connectivity index (χ0v) is 12.3. The smallest absolute Gasteiger partial charge is 0.240 e. The molecule has 0 heterocycles. The van der Waals surface area contributed by atoms with Gasteiger partial charge < -0.3 is 5.73 Å². The molecular formula is C13H19ClN2O2S. The third kappa shape index (κ3) is 3.84. The van der Waals surface area contributed by atoms with Crippen molar-refractivity contribution >= 4 is 27.3 Å². The minimum Gasteiger partial charge on any atom is -0.397 e. The lowest BCUT2D eigenvalue weighted by molar-refractivity contribution is 0.357. The Morgan fingerprint density at radius 3 is 2.58 bits per heavy atom. The van der Waals surface area contributed by atoms with Gasteiger partial charge in [-0.1, -0.05) is 30.9 Å². The van der Waals surface area contributed by atoms with E-state index in [-0.39, 0.29) is 10.6 Å². The SMILES string of the molecule is Nc1cc(S(=O)(=O)NCC2CCCCC2)ccc1Cl. The molecule has 4 nitrogen and oxygen atoms in total. The van der Waals surface area contributed by atoms with E-state index in [2.05, 4.69) is 4.72 Å². The van der Waals surface area contributed by atoms with Crippen molar-refractivity contribution in [3.05, 3.63) is 23.2 Å². The fourth-order valence-corrected chi connectivity index (χ4v) is 3.66. The molecule has 1 aromatic rings. The monoisotopic (exact) mass is 302 g/mol. The Morgan fingerprint density at radius 2 is 1.95 bits per heavy atom. The Morgan fingerprint density at radius 1 is 1.26 bits per heavy atom. The van der Waals surface area contributed by atoms with Gasteiger partial charge in [0, 0.05) is 6.54 Å². The van der Waals surface area contributed by atoms with Crippen molar-refractivity contribution < 1.29 is 8.42 Å². The van der Waals surface area contributed by atoms with Crippen LogP contribution in [-0.4, -0.2) is 15.0 Å². The molecule has 1 saturated carbocycles. The van der Waals surface area contributed by atoms with E-state index in [1.807, 2.05) is 0 Å². The topological polar surface area (TPSA) is 72.2 Å². The molecule has 0 bridgehead atoms. The van der Waals surface area contributed by atoms with Crippen LogP contribution in [0.3, 0.4) is 0 Å². The van der Waals surface area contributed by atoms with Gasteiger partial charge in [0.2, 0.25) is 10.0 Å². The summed E-state index contributed by atoms with van der Waals surface area (Å²) in [5.41, 5.74) is 5.91. The highest BCUT2D eigenvalue weighted by Gasteiger charge is 2.19. The van der Waals surface area contributed by atoms with E-state index >= 15 is 0 Å². The van der Waals surface area contributed by atoms with Crippen LogP contribution in [0.15, 0.2) is 23.1 Å². The van der Waals surface area contributed by atoms with E-state index in [1.165, 1.54) is 37.5 Å². The second kappa shape index (κ2) is 6.11. The molecule has 3 N–H and O–H groups in total. The molecule has 106 valence electrons. The van der Waals surface area contributed by atoms with Crippen LogP contribution in [0.5, 0.6) is 0 Å². The first kappa shape index (κ1) is 14.6. The van der Waals surface area contributed by atoms with Crippen molar-refractivity contribution in [3.63, 3.8) is 0 Å². The lowest BCUT2D eigenvalue weighted by Gasteiger charge is -2.21. The summed E-state index contributed by atoms with van der Waals surface area (Å²) in [6.45, 7) is 0.505. The van der Waals surface area contributed by atoms with E-state index < -0.39 is 10.0 Å². The molecule has 0 spiro atoms. The molecule has 1 aliphatic carbocycles. The summed E-state index contributed by atoms with van der Waals surface area (Å²) in [7, 11) is -3.49. The first-order valence-electron chi connectivity index (χ1n) is 6.54. The number of nitrogen functional groups attached to an aromatic ring is 1. The van der Waals surface area contributed by atoms with Gasteiger partial charge >= 0.3 is 0 Å². The zero-order chi connectivity index (χ0) is 13.9. The maximum absolute atomic E-state index is 12.1. The molecule has 0 aromatic heterocycles. The minimum atomic E-state index is -3.49. The summed E-state index contributed by atoms with van der Waals surface area (Å²) in [6.07, 6.45) is 5.86. The molecule has 6 heteroatoms. The number of anilines is 1. The highest BCUT2D eigenvalue weighted by Crippen LogP contribution is 2.24. The summed E-state index contributed by atoms with van der Waals surface area (Å²) in [4.78, 5) is 0.171. The number of halogens is 1.